The zero-order valence-electron chi connectivity index (χ0n) is 14.9. The normalized spacial score (nSPS) is 13.7. The van der Waals surface area contributed by atoms with Gasteiger partial charge in [-0.25, -0.2) is 0 Å². The molecule has 2 heterocycles. The SMILES string of the molecule is N#Cc1ccc(N2CCCc3c(-c4ccncc4)cccc32)cc1C(F)(F)F. The second-order valence-corrected chi connectivity index (χ2v) is 6.63. The van der Waals surface area contributed by atoms with Crippen LogP contribution in [0.4, 0.5) is 24.5 Å². The van der Waals surface area contributed by atoms with Crippen molar-refractivity contribution in [2.75, 3.05) is 11.4 Å². The summed E-state index contributed by atoms with van der Waals surface area (Å²) in [4.78, 5) is 5.95. The number of halogens is 3. The van der Waals surface area contributed by atoms with Crippen LogP contribution < -0.4 is 4.90 Å². The molecule has 1 aliphatic heterocycles. The number of hydrogen-bond donors (Lipinski definition) is 0. The van der Waals surface area contributed by atoms with Crippen molar-refractivity contribution in [3.63, 3.8) is 0 Å². The molecule has 0 unspecified atom stereocenters. The van der Waals surface area contributed by atoms with E-state index in [1.54, 1.807) is 24.5 Å². The van der Waals surface area contributed by atoms with Crippen LogP contribution >= 0.6 is 0 Å². The number of alkyl halides is 3. The second kappa shape index (κ2) is 7.01. The third-order valence-electron chi connectivity index (χ3n) is 4.98. The Bertz CT molecular complexity index is 1050. The molecule has 4 rings (SSSR count). The zero-order chi connectivity index (χ0) is 19.7. The van der Waals surface area contributed by atoms with Gasteiger partial charge in [0.05, 0.1) is 17.2 Å². The lowest BCUT2D eigenvalue weighted by atomic mass is 9.92. The lowest BCUT2D eigenvalue weighted by Crippen LogP contribution is -2.25. The number of anilines is 2. The van der Waals surface area contributed by atoms with Crippen LogP contribution in [0, 0.1) is 11.3 Å². The number of hydrogen-bond acceptors (Lipinski definition) is 3. The minimum atomic E-state index is -4.57. The second-order valence-electron chi connectivity index (χ2n) is 6.63. The summed E-state index contributed by atoms with van der Waals surface area (Å²) in [5, 5.41) is 9.03. The standard InChI is InChI=1S/C22H16F3N3/c23-22(24,25)20-13-17(7-6-16(20)14-26)28-12-2-4-19-18(3-1-5-21(19)28)15-8-10-27-11-9-15/h1,3,5-11,13H,2,4,12H2. The first-order chi connectivity index (χ1) is 13.5. The highest BCUT2D eigenvalue weighted by molar-refractivity contribution is 5.79. The lowest BCUT2D eigenvalue weighted by molar-refractivity contribution is -0.137. The number of benzene rings is 2. The molecule has 0 amide bonds. The van der Waals surface area contributed by atoms with E-state index in [1.165, 1.54) is 6.07 Å². The third-order valence-corrected chi connectivity index (χ3v) is 4.98. The number of nitriles is 1. The van der Waals surface area contributed by atoms with Crippen molar-refractivity contribution in [3.05, 3.63) is 77.6 Å². The minimum Gasteiger partial charge on any atom is -0.341 e. The van der Waals surface area contributed by atoms with E-state index in [0.717, 1.165) is 41.3 Å². The van der Waals surface area contributed by atoms with E-state index in [9.17, 15) is 13.2 Å². The monoisotopic (exact) mass is 379 g/mol. The first-order valence-corrected chi connectivity index (χ1v) is 8.90. The summed E-state index contributed by atoms with van der Waals surface area (Å²) >= 11 is 0. The molecule has 1 aromatic heterocycles. The number of pyridine rings is 1. The molecule has 0 bridgehead atoms. The molecule has 0 saturated heterocycles. The molecule has 3 aromatic rings. The van der Waals surface area contributed by atoms with Gasteiger partial charge in [0, 0.05) is 30.3 Å². The molecule has 140 valence electrons. The Morgan fingerprint density at radius 2 is 1.82 bits per heavy atom. The van der Waals surface area contributed by atoms with Crippen LogP contribution in [0.3, 0.4) is 0 Å². The van der Waals surface area contributed by atoms with Crippen LogP contribution in [0.25, 0.3) is 11.1 Å². The Kier molecular flexibility index (Phi) is 4.52. The zero-order valence-corrected chi connectivity index (χ0v) is 14.9. The maximum absolute atomic E-state index is 13.4. The van der Waals surface area contributed by atoms with E-state index in [0.29, 0.717) is 12.2 Å². The molecule has 1 aliphatic rings. The summed E-state index contributed by atoms with van der Waals surface area (Å²) in [5.74, 6) is 0. The number of rotatable bonds is 2. The topological polar surface area (TPSA) is 39.9 Å². The van der Waals surface area contributed by atoms with Crippen molar-refractivity contribution in [2.24, 2.45) is 0 Å². The molecule has 0 N–H and O–H groups in total. The molecule has 0 atom stereocenters. The Morgan fingerprint density at radius 3 is 2.54 bits per heavy atom. The predicted molar refractivity (Wildman–Crippen MR) is 101 cm³/mol. The highest BCUT2D eigenvalue weighted by atomic mass is 19.4. The Labute approximate surface area is 160 Å². The molecule has 2 aromatic carbocycles. The van der Waals surface area contributed by atoms with Crippen LogP contribution in [-0.2, 0) is 12.6 Å². The maximum Gasteiger partial charge on any atom is 0.417 e. The van der Waals surface area contributed by atoms with E-state index in [-0.39, 0.29) is 5.56 Å². The molecule has 0 fully saturated rings. The number of nitrogens with zero attached hydrogens (tertiary/aromatic N) is 3. The van der Waals surface area contributed by atoms with Gasteiger partial charge < -0.3 is 4.90 Å². The third kappa shape index (κ3) is 3.20. The minimum absolute atomic E-state index is 0.362. The van der Waals surface area contributed by atoms with Crippen molar-refractivity contribution >= 4 is 11.4 Å². The van der Waals surface area contributed by atoms with Gasteiger partial charge in [-0.3, -0.25) is 4.98 Å². The predicted octanol–water partition coefficient (Wildman–Crippen LogP) is 5.72. The molecule has 6 heteroatoms. The highest BCUT2D eigenvalue weighted by Gasteiger charge is 2.34. The van der Waals surface area contributed by atoms with E-state index >= 15 is 0 Å². The van der Waals surface area contributed by atoms with Crippen LogP contribution in [0.15, 0.2) is 60.9 Å². The van der Waals surface area contributed by atoms with E-state index in [2.05, 4.69) is 4.98 Å². The Morgan fingerprint density at radius 1 is 1.04 bits per heavy atom. The van der Waals surface area contributed by atoms with Crippen LogP contribution in [0.5, 0.6) is 0 Å². The lowest BCUT2D eigenvalue weighted by Gasteiger charge is -2.33. The van der Waals surface area contributed by atoms with Gasteiger partial charge in [-0.15, -0.1) is 0 Å². The summed E-state index contributed by atoms with van der Waals surface area (Å²) in [6, 6.07) is 15.3. The van der Waals surface area contributed by atoms with Crippen LogP contribution in [0.2, 0.25) is 0 Å². The Hall–Kier alpha value is -3.33. The van der Waals surface area contributed by atoms with Gasteiger partial charge in [-0.2, -0.15) is 18.4 Å². The fourth-order valence-corrected chi connectivity index (χ4v) is 3.73. The van der Waals surface area contributed by atoms with Crippen molar-refractivity contribution in [1.29, 1.82) is 5.26 Å². The average molecular weight is 379 g/mol. The van der Waals surface area contributed by atoms with Crippen molar-refractivity contribution in [3.8, 4) is 17.2 Å². The van der Waals surface area contributed by atoms with Gasteiger partial charge >= 0.3 is 6.18 Å². The van der Waals surface area contributed by atoms with E-state index in [4.69, 9.17) is 5.26 Å². The van der Waals surface area contributed by atoms with Gasteiger partial charge in [0.25, 0.3) is 0 Å². The summed E-state index contributed by atoms with van der Waals surface area (Å²) < 4.78 is 40.2. The van der Waals surface area contributed by atoms with E-state index in [1.807, 2.05) is 35.2 Å². The van der Waals surface area contributed by atoms with E-state index < -0.39 is 11.7 Å². The summed E-state index contributed by atoms with van der Waals surface area (Å²) in [5.41, 5.74) is 3.29. The number of fused-ring (bicyclic) bond motifs is 1. The molecule has 0 aliphatic carbocycles. The molecular weight excluding hydrogens is 363 g/mol. The quantitative estimate of drug-likeness (QED) is 0.571. The molecule has 3 nitrogen and oxygen atoms in total. The average Bonchev–Trinajstić information content (AvgIpc) is 2.72. The summed E-state index contributed by atoms with van der Waals surface area (Å²) in [6.45, 7) is 0.621. The van der Waals surface area contributed by atoms with Crippen LogP contribution in [0.1, 0.15) is 23.1 Å². The Balaban J connectivity index is 1.83. The highest BCUT2D eigenvalue weighted by Crippen LogP contribution is 2.41. The van der Waals surface area contributed by atoms with Gasteiger partial charge in [0.15, 0.2) is 0 Å². The smallest absolute Gasteiger partial charge is 0.341 e. The van der Waals surface area contributed by atoms with Crippen molar-refractivity contribution in [1.82, 2.24) is 4.98 Å². The molecule has 0 spiro atoms. The molecular formula is C22H16F3N3. The first kappa shape index (κ1) is 18.1. The van der Waals surface area contributed by atoms with Crippen LogP contribution in [-0.4, -0.2) is 11.5 Å². The van der Waals surface area contributed by atoms with Gasteiger partial charge in [0.1, 0.15) is 0 Å². The number of aromatic nitrogens is 1. The summed E-state index contributed by atoms with van der Waals surface area (Å²) in [6.07, 6.45) is 0.568. The maximum atomic E-state index is 13.4. The van der Waals surface area contributed by atoms with Crippen molar-refractivity contribution in [2.45, 2.75) is 19.0 Å². The summed E-state index contributed by atoms with van der Waals surface area (Å²) in [7, 11) is 0. The first-order valence-electron chi connectivity index (χ1n) is 8.90. The van der Waals surface area contributed by atoms with Gasteiger partial charge in [-0.05, 0) is 65.9 Å². The largest absolute Gasteiger partial charge is 0.417 e. The fraction of sp³-hybridized carbons (Fsp3) is 0.182. The molecule has 28 heavy (non-hydrogen) atoms. The molecule has 0 saturated carbocycles. The van der Waals surface area contributed by atoms with Gasteiger partial charge in [-0.1, -0.05) is 12.1 Å². The van der Waals surface area contributed by atoms with Gasteiger partial charge in [0.2, 0.25) is 0 Å². The fourth-order valence-electron chi connectivity index (χ4n) is 3.73. The molecule has 0 radical (unpaired) electrons. The van der Waals surface area contributed by atoms with Crippen molar-refractivity contribution < 1.29 is 13.2 Å².